The summed E-state index contributed by atoms with van der Waals surface area (Å²) in [6.45, 7) is 0.899. The van der Waals surface area contributed by atoms with Gasteiger partial charge in [0, 0.05) is 42.7 Å². The highest BCUT2D eigenvalue weighted by atomic mass is 32.2. The van der Waals surface area contributed by atoms with Gasteiger partial charge in [0.15, 0.2) is 11.5 Å². The van der Waals surface area contributed by atoms with Crippen molar-refractivity contribution in [1.82, 2.24) is 19.4 Å². The van der Waals surface area contributed by atoms with E-state index in [9.17, 15) is 0 Å². The second kappa shape index (κ2) is 8.65. The van der Waals surface area contributed by atoms with Crippen molar-refractivity contribution >= 4 is 29.0 Å². The van der Waals surface area contributed by atoms with Crippen LogP contribution in [-0.2, 0) is 0 Å². The second-order valence-electron chi connectivity index (χ2n) is 8.08. The van der Waals surface area contributed by atoms with Crippen molar-refractivity contribution in [2.24, 2.45) is 11.7 Å². The molecule has 4 heterocycles. The first-order chi connectivity index (χ1) is 14.8. The molecule has 0 spiro atoms. The Balaban J connectivity index is 1.36. The molecule has 8 heteroatoms. The number of rotatable bonds is 6. The van der Waals surface area contributed by atoms with E-state index in [0.717, 1.165) is 66.7 Å². The highest BCUT2D eigenvalue weighted by molar-refractivity contribution is 8.02. The summed E-state index contributed by atoms with van der Waals surface area (Å²) >= 11 is 1.86. The number of thioether (sulfide) groups is 1. The summed E-state index contributed by atoms with van der Waals surface area (Å²) in [7, 11) is 0. The van der Waals surface area contributed by atoms with Crippen molar-refractivity contribution in [3.05, 3.63) is 48.3 Å². The number of hydrogen-bond donors (Lipinski definition) is 3. The average molecular weight is 422 g/mol. The van der Waals surface area contributed by atoms with Crippen LogP contribution >= 0.6 is 11.8 Å². The molecule has 0 aromatic carbocycles. The lowest BCUT2D eigenvalue weighted by Gasteiger charge is -2.27. The number of anilines is 2. The molecule has 156 valence electrons. The SMILES string of the molecule is N[C@H]1CC[C@H](Nc2nccn3c(-c4cccc(NCC5C=CSC5)n4)cnc23)CC1. The summed E-state index contributed by atoms with van der Waals surface area (Å²) in [6.07, 6.45) is 12.2. The number of nitrogens with one attached hydrogen (secondary N) is 2. The van der Waals surface area contributed by atoms with Crippen LogP contribution in [0.15, 0.2) is 48.3 Å². The monoisotopic (exact) mass is 421 g/mol. The van der Waals surface area contributed by atoms with Crippen molar-refractivity contribution in [2.45, 2.75) is 37.8 Å². The zero-order valence-corrected chi connectivity index (χ0v) is 17.7. The fraction of sp³-hybridized carbons (Fsp3) is 0.409. The van der Waals surface area contributed by atoms with Crippen molar-refractivity contribution in [1.29, 1.82) is 0 Å². The van der Waals surface area contributed by atoms with Gasteiger partial charge in [-0.2, -0.15) is 0 Å². The molecule has 1 fully saturated rings. The maximum atomic E-state index is 6.04. The summed E-state index contributed by atoms with van der Waals surface area (Å²) in [5.41, 5.74) is 8.72. The van der Waals surface area contributed by atoms with Crippen LogP contribution in [0.4, 0.5) is 11.6 Å². The number of imidazole rings is 1. The molecule has 7 nitrogen and oxygen atoms in total. The van der Waals surface area contributed by atoms with E-state index in [2.05, 4.69) is 36.5 Å². The first kappa shape index (κ1) is 19.4. The Labute approximate surface area is 180 Å². The van der Waals surface area contributed by atoms with Gasteiger partial charge >= 0.3 is 0 Å². The van der Waals surface area contributed by atoms with Crippen LogP contribution in [0.5, 0.6) is 0 Å². The highest BCUT2D eigenvalue weighted by Crippen LogP contribution is 2.26. The van der Waals surface area contributed by atoms with Gasteiger partial charge in [-0.15, -0.1) is 11.8 Å². The molecule has 0 saturated heterocycles. The Bertz CT molecular complexity index is 1040. The quantitative estimate of drug-likeness (QED) is 0.558. The summed E-state index contributed by atoms with van der Waals surface area (Å²) in [4.78, 5) is 14.0. The Morgan fingerprint density at radius 1 is 1.17 bits per heavy atom. The highest BCUT2D eigenvalue weighted by Gasteiger charge is 2.20. The average Bonchev–Trinajstić information content (AvgIpc) is 3.44. The van der Waals surface area contributed by atoms with Gasteiger partial charge in [0.2, 0.25) is 0 Å². The van der Waals surface area contributed by atoms with Crippen LogP contribution in [0, 0.1) is 5.92 Å². The first-order valence-electron chi connectivity index (χ1n) is 10.6. The lowest BCUT2D eigenvalue weighted by molar-refractivity contribution is 0.410. The van der Waals surface area contributed by atoms with Crippen LogP contribution in [0.1, 0.15) is 25.7 Å². The zero-order chi connectivity index (χ0) is 20.3. The molecule has 30 heavy (non-hydrogen) atoms. The second-order valence-corrected chi connectivity index (χ2v) is 9.02. The summed E-state index contributed by atoms with van der Waals surface area (Å²) in [5.74, 6) is 3.41. The fourth-order valence-corrected chi connectivity index (χ4v) is 5.03. The van der Waals surface area contributed by atoms with Crippen LogP contribution < -0.4 is 16.4 Å². The number of nitrogens with two attached hydrogens (primary N) is 1. The summed E-state index contributed by atoms with van der Waals surface area (Å²) in [6, 6.07) is 6.81. The van der Waals surface area contributed by atoms with Crippen LogP contribution in [0.3, 0.4) is 0 Å². The van der Waals surface area contributed by atoms with E-state index in [1.165, 1.54) is 0 Å². The maximum absolute atomic E-state index is 6.04. The van der Waals surface area contributed by atoms with Crippen molar-refractivity contribution in [2.75, 3.05) is 22.9 Å². The molecule has 4 N–H and O–H groups in total. The van der Waals surface area contributed by atoms with E-state index in [1.807, 2.05) is 48.6 Å². The zero-order valence-electron chi connectivity index (χ0n) is 16.9. The van der Waals surface area contributed by atoms with Gasteiger partial charge in [0.05, 0.1) is 17.6 Å². The van der Waals surface area contributed by atoms with Crippen molar-refractivity contribution in [3.8, 4) is 11.4 Å². The van der Waals surface area contributed by atoms with Crippen molar-refractivity contribution < 1.29 is 0 Å². The molecule has 5 rings (SSSR count). The molecule has 2 aliphatic rings. The van der Waals surface area contributed by atoms with Gasteiger partial charge in [-0.25, -0.2) is 15.0 Å². The Morgan fingerprint density at radius 2 is 2.07 bits per heavy atom. The molecule has 0 amide bonds. The van der Waals surface area contributed by atoms with E-state index in [0.29, 0.717) is 18.0 Å². The lowest BCUT2D eigenvalue weighted by atomic mass is 9.92. The van der Waals surface area contributed by atoms with Gasteiger partial charge in [-0.3, -0.25) is 4.40 Å². The Kier molecular flexibility index (Phi) is 5.59. The molecule has 1 aliphatic heterocycles. The van der Waals surface area contributed by atoms with E-state index in [-0.39, 0.29) is 0 Å². The smallest absolute Gasteiger partial charge is 0.180 e. The minimum atomic E-state index is 0.334. The lowest BCUT2D eigenvalue weighted by Crippen LogP contribution is -2.33. The molecule has 1 saturated carbocycles. The van der Waals surface area contributed by atoms with E-state index >= 15 is 0 Å². The van der Waals surface area contributed by atoms with Gasteiger partial charge in [-0.05, 0) is 43.2 Å². The largest absolute Gasteiger partial charge is 0.369 e. The molecule has 1 aliphatic carbocycles. The topological polar surface area (TPSA) is 93.2 Å². The standard InChI is InChI=1S/C22H27N7S/c23-16-4-6-17(7-5-16)27-21-22-26-13-19(29(22)10-9-24-21)18-2-1-3-20(28-18)25-12-15-8-11-30-14-15/h1-3,8-11,13,15-17H,4-7,12,14,23H2,(H,24,27)(H,25,28)/t15?,16-,17-. The normalized spacial score (nSPS) is 23.7. The third kappa shape index (κ3) is 4.15. The van der Waals surface area contributed by atoms with Gasteiger partial charge in [-0.1, -0.05) is 12.1 Å². The minimum Gasteiger partial charge on any atom is -0.369 e. The molecule has 0 bridgehead atoms. The number of hydrogen-bond acceptors (Lipinski definition) is 7. The number of nitrogens with zero attached hydrogens (tertiary/aromatic N) is 4. The molecule has 3 aromatic heterocycles. The Hall–Kier alpha value is -2.58. The van der Waals surface area contributed by atoms with Crippen molar-refractivity contribution in [3.63, 3.8) is 0 Å². The molecule has 1 atom stereocenters. The van der Waals surface area contributed by atoms with Crippen LogP contribution in [0.2, 0.25) is 0 Å². The molecular weight excluding hydrogens is 394 g/mol. The number of pyridine rings is 1. The first-order valence-corrected chi connectivity index (χ1v) is 11.6. The van der Waals surface area contributed by atoms with E-state index in [1.54, 1.807) is 0 Å². The Morgan fingerprint density at radius 3 is 2.90 bits per heavy atom. The van der Waals surface area contributed by atoms with Crippen LogP contribution in [0.25, 0.3) is 17.0 Å². The maximum Gasteiger partial charge on any atom is 0.180 e. The molecule has 0 radical (unpaired) electrons. The number of fused-ring (bicyclic) bond motifs is 1. The van der Waals surface area contributed by atoms with E-state index in [4.69, 9.17) is 10.7 Å². The number of aromatic nitrogens is 4. The predicted molar refractivity (Wildman–Crippen MR) is 124 cm³/mol. The third-order valence-corrected chi connectivity index (χ3v) is 6.83. The fourth-order valence-electron chi connectivity index (χ4n) is 4.11. The van der Waals surface area contributed by atoms with Gasteiger partial charge < -0.3 is 16.4 Å². The minimum absolute atomic E-state index is 0.334. The third-order valence-electron chi connectivity index (χ3n) is 5.85. The molecule has 1 unspecified atom stereocenters. The van der Waals surface area contributed by atoms with Gasteiger partial charge in [0.25, 0.3) is 0 Å². The predicted octanol–water partition coefficient (Wildman–Crippen LogP) is 3.76. The summed E-state index contributed by atoms with van der Waals surface area (Å²) in [5, 5.41) is 9.22. The van der Waals surface area contributed by atoms with Gasteiger partial charge in [0.1, 0.15) is 5.82 Å². The molecular formula is C22H27N7S. The van der Waals surface area contributed by atoms with Crippen LogP contribution in [-0.4, -0.2) is 43.7 Å². The summed E-state index contributed by atoms with van der Waals surface area (Å²) < 4.78 is 2.06. The molecule has 3 aromatic rings. The van der Waals surface area contributed by atoms with E-state index < -0.39 is 0 Å².